The topological polar surface area (TPSA) is 45.7 Å². The first-order valence-electron chi connectivity index (χ1n) is 11.8. The Morgan fingerprint density at radius 2 is 1.70 bits per heavy atom. The number of fused-ring (bicyclic) bond motifs is 1. The number of benzene rings is 2. The standard InChI is InChI=1S/C28H31N3O2/c1-33-25-12-10-22(11-13-25)20-30-17-14-28(23-7-3-2-4-8-23)15-18-31(27(32)19-26(28)30)21-24-9-5-6-16-29-24/h2-13,16,26H,14-15,17-21H2,1H3. The van der Waals surface area contributed by atoms with Crippen LogP contribution >= 0.6 is 0 Å². The number of ether oxygens (including phenoxy) is 1. The summed E-state index contributed by atoms with van der Waals surface area (Å²) in [6, 6.07) is 25.2. The van der Waals surface area contributed by atoms with Gasteiger partial charge in [0, 0.05) is 37.2 Å². The lowest BCUT2D eigenvalue weighted by Crippen LogP contribution is -2.43. The van der Waals surface area contributed by atoms with E-state index < -0.39 is 0 Å². The second-order valence-electron chi connectivity index (χ2n) is 9.20. The smallest absolute Gasteiger partial charge is 0.224 e. The van der Waals surface area contributed by atoms with Crippen molar-refractivity contribution in [3.8, 4) is 5.75 Å². The molecule has 2 fully saturated rings. The molecule has 2 aliphatic rings. The minimum absolute atomic E-state index is 0.0117. The Labute approximate surface area is 196 Å². The third kappa shape index (κ3) is 4.38. The van der Waals surface area contributed by atoms with Gasteiger partial charge in [-0.2, -0.15) is 0 Å². The molecule has 170 valence electrons. The highest BCUT2D eigenvalue weighted by atomic mass is 16.5. The molecule has 2 aromatic carbocycles. The third-order valence-corrected chi connectivity index (χ3v) is 7.44. The van der Waals surface area contributed by atoms with Crippen LogP contribution in [-0.4, -0.2) is 46.9 Å². The van der Waals surface area contributed by atoms with Crippen LogP contribution in [0.3, 0.4) is 0 Å². The number of hydrogen-bond acceptors (Lipinski definition) is 4. The summed E-state index contributed by atoms with van der Waals surface area (Å²) in [6.07, 6.45) is 4.38. The number of methoxy groups -OCH3 is 1. The minimum Gasteiger partial charge on any atom is -0.497 e. The molecule has 2 saturated heterocycles. The average Bonchev–Trinajstić information content (AvgIpc) is 3.13. The molecule has 5 rings (SSSR count). The van der Waals surface area contributed by atoms with Gasteiger partial charge >= 0.3 is 0 Å². The van der Waals surface area contributed by atoms with E-state index in [0.717, 1.165) is 43.9 Å². The van der Waals surface area contributed by atoms with Crippen LogP contribution in [0.15, 0.2) is 79.0 Å². The Bertz CT molecular complexity index is 1070. The van der Waals surface area contributed by atoms with Crippen LogP contribution in [-0.2, 0) is 23.3 Å². The summed E-state index contributed by atoms with van der Waals surface area (Å²) in [5, 5.41) is 0. The van der Waals surface area contributed by atoms with Crippen LogP contribution in [0, 0.1) is 0 Å². The molecule has 0 N–H and O–H groups in total. The van der Waals surface area contributed by atoms with E-state index in [4.69, 9.17) is 4.74 Å². The van der Waals surface area contributed by atoms with Crippen molar-refractivity contribution in [2.45, 2.75) is 43.8 Å². The van der Waals surface area contributed by atoms with E-state index in [-0.39, 0.29) is 17.4 Å². The van der Waals surface area contributed by atoms with E-state index in [0.29, 0.717) is 13.0 Å². The van der Waals surface area contributed by atoms with Crippen molar-refractivity contribution in [2.75, 3.05) is 20.2 Å². The number of hydrogen-bond donors (Lipinski definition) is 0. The fraction of sp³-hybridized carbons (Fsp3) is 0.357. The normalized spacial score (nSPS) is 23.2. The highest BCUT2D eigenvalue weighted by Crippen LogP contribution is 2.46. The molecule has 1 aromatic heterocycles. The van der Waals surface area contributed by atoms with E-state index in [2.05, 4.69) is 52.3 Å². The molecule has 2 aliphatic heterocycles. The molecule has 3 aromatic rings. The van der Waals surface area contributed by atoms with Crippen LogP contribution in [0.2, 0.25) is 0 Å². The summed E-state index contributed by atoms with van der Waals surface area (Å²) in [4.78, 5) is 22.5. The number of rotatable bonds is 6. The number of carbonyl (C=O) groups excluding carboxylic acids is 1. The summed E-state index contributed by atoms with van der Waals surface area (Å²) in [7, 11) is 1.69. The van der Waals surface area contributed by atoms with Gasteiger partial charge in [-0.1, -0.05) is 48.5 Å². The zero-order valence-corrected chi connectivity index (χ0v) is 19.2. The molecule has 0 radical (unpaired) electrons. The maximum Gasteiger partial charge on any atom is 0.224 e. The lowest BCUT2D eigenvalue weighted by Gasteiger charge is -2.37. The van der Waals surface area contributed by atoms with Crippen molar-refractivity contribution in [1.82, 2.24) is 14.8 Å². The Balaban J connectivity index is 1.43. The van der Waals surface area contributed by atoms with Crippen LogP contribution in [0.25, 0.3) is 0 Å². The third-order valence-electron chi connectivity index (χ3n) is 7.44. The number of carbonyl (C=O) groups is 1. The van der Waals surface area contributed by atoms with E-state index in [1.54, 1.807) is 13.3 Å². The number of likely N-dealkylation sites (tertiary alicyclic amines) is 2. The average molecular weight is 442 g/mol. The van der Waals surface area contributed by atoms with Gasteiger partial charge in [-0.3, -0.25) is 14.7 Å². The highest BCUT2D eigenvalue weighted by molar-refractivity contribution is 5.77. The second-order valence-corrected chi connectivity index (χ2v) is 9.20. The first-order valence-corrected chi connectivity index (χ1v) is 11.8. The molecule has 5 heteroatoms. The molecule has 0 bridgehead atoms. The van der Waals surface area contributed by atoms with Crippen molar-refractivity contribution in [2.24, 2.45) is 0 Å². The molecule has 33 heavy (non-hydrogen) atoms. The molecule has 2 unspecified atom stereocenters. The van der Waals surface area contributed by atoms with Crippen molar-refractivity contribution in [1.29, 1.82) is 0 Å². The van der Waals surface area contributed by atoms with E-state index in [1.165, 1.54) is 11.1 Å². The quantitative estimate of drug-likeness (QED) is 0.568. The first-order chi connectivity index (χ1) is 16.2. The second kappa shape index (κ2) is 9.36. The van der Waals surface area contributed by atoms with Gasteiger partial charge in [-0.25, -0.2) is 0 Å². The van der Waals surface area contributed by atoms with Gasteiger partial charge in [0.05, 0.1) is 19.3 Å². The summed E-state index contributed by atoms with van der Waals surface area (Å²) < 4.78 is 5.32. The van der Waals surface area contributed by atoms with Crippen LogP contribution in [0.5, 0.6) is 5.75 Å². The summed E-state index contributed by atoms with van der Waals surface area (Å²) >= 11 is 0. The fourth-order valence-electron chi connectivity index (χ4n) is 5.65. The zero-order valence-electron chi connectivity index (χ0n) is 19.2. The summed E-state index contributed by atoms with van der Waals surface area (Å²) in [6.45, 7) is 3.18. The zero-order chi connectivity index (χ0) is 22.7. The Hall–Kier alpha value is -3.18. The number of nitrogens with zero attached hydrogens (tertiary/aromatic N) is 3. The monoisotopic (exact) mass is 441 g/mol. The molecule has 3 heterocycles. The van der Waals surface area contributed by atoms with Crippen LogP contribution in [0.1, 0.15) is 36.1 Å². The summed E-state index contributed by atoms with van der Waals surface area (Å²) in [5.41, 5.74) is 3.55. The van der Waals surface area contributed by atoms with Gasteiger partial charge < -0.3 is 9.64 Å². The summed E-state index contributed by atoms with van der Waals surface area (Å²) in [5.74, 6) is 1.10. The maximum atomic E-state index is 13.5. The Morgan fingerprint density at radius 3 is 2.42 bits per heavy atom. The maximum absolute atomic E-state index is 13.5. The van der Waals surface area contributed by atoms with Crippen molar-refractivity contribution >= 4 is 5.91 Å². The van der Waals surface area contributed by atoms with E-state index in [9.17, 15) is 4.79 Å². The molecule has 2 atom stereocenters. The van der Waals surface area contributed by atoms with Crippen molar-refractivity contribution in [3.63, 3.8) is 0 Å². The Morgan fingerprint density at radius 1 is 0.939 bits per heavy atom. The molecular weight excluding hydrogens is 410 g/mol. The predicted octanol–water partition coefficient (Wildman–Crippen LogP) is 4.43. The SMILES string of the molecule is COc1ccc(CN2CCC3(c4ccccc4)CCN(Cc4ccccn4)C(=O)CC23)cc1. The Kier molecular flexibility index (Phi) is 6.14. The lowest BCUT2D eigenvalue weighted by molar-refractivity contribution is -0.132. The van der Waals surface area contributed by atoms with Crippen LogP contribution in [0.4, 0.5) is 0 Å². The fourth-order valence-corrected chi connectivity index (χ4v) is 5.65. The van der Waals surface area contributed by atoms with Crippen LogP contribution < -0.4 is 4.74 Å². The number of amides is 1. The largest absolute Gasteiger partial charge is 0.497 e. The molecule has 0 aliphatic carbocycles. The van der Waals surface area contributed by atoms with Gasteiger partial charge in [0.15, 0.2) is 0 Å². The van der Waals surface area contributed by atoms with Crippen molar-refractivity contribution < 1.29 is 9.53 Å². The van der Waals surface area contributed by atoms with Gasteiger partial charge in [-0.05, 0) is 54.8 Å². The molecule has 1 amide bonds. The molecular formula is C28H31N3O2. The van der Waals surface area contributed by atoms with E-state index >= 15 is 0 Å². The van der Waals surface area contributed by atoms with Gasteiger partial charge in [0.25, 0.3) is 0 Å². The van der Waals surface area contributed by atoms with Gasteiger partial charge in [0.2, 0.25) is 5.91 Å². The van der Waals surface area contributed by atoms with Gasteiger partial charge in [0.1, 0.15) is 5.75 Å². The highest BCUT2D eigenvalue weighted by Gasteiger charge is 2.50. The number of pyridine rings is 1. The van der Waals surface area contributed by atoms with Crippen molar-refractivity contribution in [3.05, 3.63) is 95.8 Å². The molecule has 0 spiro atoms. The lowest BCUT2D eigenvalue weighted by atomic mass is 9.71. The number of aromatic nitrogens is 1. The molecule has 5 nitrogen and oxygen atoms in total. The first kappa shape index (κ1) is 21.7. The molecule has 0 saturated carbocycles. The minimum atomic E-state index is -0.0117. The predicted molar refractivity (Wildman–Crippen MR) is 129 cm³/mol. The van der Waals surface area contributed by atoms with E-state index in [1.807, 2.05) is 35.2 Å². The van der Waals surface area contributed by atoms with Gasteiger partial charge in [-0.15, -0.1) is 0 Å².